The van der Waals surface area contributed by atoms with Crippen LogP contribution in [0.25, 0.3) is 11.1 Å². The molecule has 0 saturated heterocycles. The van der Waals surface area contributed by atoms with E-state index in [0.29, 0.717) is 9.79 Å². The van der Waals surface area contributed by atoms with Gasteiger partial charge in [-0.1, -0.05) is 48.0 Å². The van der Waals surface area contributed by atoms with E-state index in [0.717, 1.165) is 21.2 Å². The highest BCUT2D eigenvalue weighted by Gasteiger charge is 2.33. The van der Waals surface area contributed by atoms with E-state index < -0.39 is 9.84 Å². The van der Waals surface area contributed by atoms with Crippen molar-refractivity contribution in [3.8, 4) is 11.1 Å². The third-order valence-corrected chi connectivity index (χ3v) is 5.46. The molecule has 0 unspecified atom stereocenters. The predicted octanol–water partition coefficient (Wildman–Crippen LogP) is 4.60. The number of aryl methyl sites for hydroxylation is 1. The Bertz CT molecular complexity index is 734. The van der Waals surface area contributed by atoms with E-state index in [-0.39, 0.29) is 0 Å². The Balaban J connectivity index is 0.000000637. The molecule has 0 spiro atoms. The number of halogens is 1. The molecule has 3 rings (SSSR count). The molecule has 0 saturated carbocycles. The zero-order valence-corrected chi connectivity index (χ0v) is 13.5. The summed E-state index contributed by atoms with van der Waals surface area (Å²) in [4.78, 5) is 0.812. The van der Waals surface area contributed by atoms with Crippen molar-refractivity contribution in [2.24, 2.45) is 0 Å². The molecule has 0 aromatic heterocycles. The first-order valence-electron chi connectivity index (χ1n) is 6.16. The summed E-state index contributed by atoms with van der Waals surface area (Å²) in [5.41, 5.74) is 2.52. The van der Waals surface area contributed by atoms with Crippen LogP contribution in [-0.2, 0) is 9.84 Å². The first-order chi connectivity index (χ1) is 9.01. The average Bonchev–Trinajstić information content (AvgIpc) is 2.62. The van der Waals surface area contributed by atoms with Crippen molar-refractivity contribution in [3.05, 3.63) is 46.4 Å². The molecule has 2 nitrogen and oxygen atoms in total. The Morgan fingerprint density at radius 1 is 1.00 bits per heavy atom. The molecule has 1 aliphatic heterocycles. The fraction of sp³-hybridized carbons (Fsp3) is 0.200. The van der Waals surface area contributed by atoms with Crippen molar-refractivity contribution in [2.45, 2.75) is 30.6 Å². The molecular formula is C15H15BrO2S. The summed E-state index contributed by atoms with van der Waals surface area (Å²) in [6, 6.07) is 10.8. The topological polar surface area (TPSA) is 34.1 Å². The van der Waals surface area contributed by atoms with Crippen LogP contribution >= 0.6 is 15.9 Å². The van der Waals surface area contributed by atoms with Crippen molar-refractivity contribution in [2.75, 3.05) is 0 Å². The summed E-state index contributed by atoms with van der Waals surface area (Å²) in [7, 11) is -3.34. The quantitative estimate of drug-likeness (QED) is 0.600. The number of rotatable bonds is 0. The van der Waals surface area contributed by atoms with Gasteiger partial charge in [-0.25, -0.2) is 8.42 Å². The maximum Gasteiger partial charge on any atom is 0.207 e. The molecule has 4 heteroatoms. The smallest absolute Gasteiger partial charge is 0.207 e. The lowest BCUT2D eigenvalue weighted by Crippen LogP contribution is -1.96. The highest BCUT2D eigenvalue weighted by molar-refractivity contribution is 9.10. The predicted molar refractivity (Wildman–Crippen MR) is 81.1 cm³/mol. The maximum absolute atomic E-state index is 12.4. The number of benzene rings is 2. The van der Waals surface area contributed by atoms with E-state index >= 15 is 0 Å². The first-order valence-corrected chi connectivity index (χ1v) is 8.44. The molecule has 0 fully saturated rings. The lowest BCUT2D eigenvalue weighted by Gasteiger charge is -2.01. The van der Waals surface area contributed by atoms with Crippen molar-refractivity contribution in [1.29, 1.82) is 0 Å². The van der Waals surface area contributed by atoms with E-state index in [1.807, 2.05) is 39.0 Å². The van der Waals surface area contributed by atoms with E-state index in [4.69, 9.17) is 0 Å². The Morgan fingerprint density at radius 3 is 2.37 bits per heavy atom. The Hall–Kier alpha value is -1.13. The van der Waals surface area contributed by atoms with Crippen LogP contribution in [0.4, 0.5) is 0 Å². The number of hydrogen-bond acceptors (Lipinski definition) is 2. The summed E-state index contributed by atoms with van der Waals surface area (Å²) >= 11 is 3.42. The Kier molecular flexibility index (Phi) is 3.83. The van der Waals surface area contributed by atoms with Crippen LogP contribution in [0.5, 0.6) is 0 Å². The number of sulfone groups is 1. The fourth-order valence-corrected chi connectivity index (χ4v) is 4.66. The lowest BCUT2D eigenvalue weighted by molar-refractivity contribution is 0.598. The van der Waals surface area contributed by atoms with Crippen LogP contribution in [0.1, 0.15) is 19.4 Å². The minimum Gasteiger partial charge on any atom is -0.218 e. The second kappa shape index (κ2) is 5.10. The second-order valence-electron chi connectivity index (χ2n) is 4.12. The summed E-state index contributed by atoms with van der Waals surface area (Å²) in [6.07, 6.45) is 0. The van der Waals surface area contributed by atoms with Gasteiger partial charge in [0.2, 0.25) is 9.84 Å². The van der Waals surface area contributed by atoms with Crippen LogP contribution in [0.15, 0.2) is 50.7 Å². The van der Waals surface area contributed by atoms with Crippen molar-refractivity contribution >= 4 is 25.8 Å². The van der Waals surface area contributed by atoms with Crippen LogP contribution in [0.3, 0.4) is 0 Å². The molecule has 100 valence electrons. The molecule has 0 bridgehead atoms. The van der Waals surface area contributed by atoms with E-state index in [1.54, 1.807) is 18.2 Å². The third kappa shape index (κ3) is 2.13. The van der Waals surface area contributed by atoms with Gasteiger partial charge in [-0.2, -0.15) is 0 Å². The minimum atomic E-state index is -3.34. The van der Waals surface area contributed by atoms with Crippen LogP contribution < -0.4 is 0 Å². The SMILES string of the molecule is CC.Cc1ccc2c(c1)S(=O)(=O)c1cccc(Br)c1-2. The monoisotopic (exact) mass is 338 g/mol. The summed E-state index contributed by atoms with van der Waals surface area (Å²) in [5.74, 6) is 0. The van der Waals surface area contributed by atoms with Gasteiger partial charge in [-0.05, 0) is 30.7 Å². The van der Waals surface area contributed by atoms with Crippen LogP contribution in [0, 0.1) is 6.92 Å². The van der Waals surface area contributed by atoms with Crippen molar-refractivity contribution in [1.82, 2.24) is 0 Å². The van der Waals surface area contributed by atoms with Crippen LogP contribution in [0.2, 0.25) is 0 Å². The molecule has 0 radical (unpaired) electrons. The summed E-state index contributed by atoms with van der Waals surface area (Å²) < 4.78 is 25.5. The van der Waals surface area contributed by atoms with Crippen LogP contribution in [-0.4, -0.2) is 8.42 Å². The van der Waals surface area contributed by atoms with Gasteiger partial charge in [-0.3, -0.25) is 0 Å². The third-order valence-electron chi connectivity index (χ3n) is 2.96. The maximum atomic E-state index is 12.4. The van der Waals surface area contributed by atoms with Gasteiger partial charge in [0.15, 0.2) is 0 Å². The van der Waals surface area contributed by atoms with E-state index in [9.17, 15) is 8.42 Å². The molecule has 1 aliphatic rings. The largest absolute Gasteiger partial charge is 0.218 e. The first kappa shape index (κ1) is 14.3. The van der Waals surface area contributed by atoms with Gasteiger partial charge in [0, 0.05) is 15.6 Å². The van der Waals surface area contributed by atoms with Gasteiger partial charge in [0.1, 0.15) is 0 Å². The zero-order chi connectivity index (χ0) is 14.2. The lowest BCUT2D eigenvalue weighted by atomic mass is 10.0. The molecule has 0 N–H and O–H groups in total. The van der Waals surface area contributed by atoms with Gasteiger partial charge in [0.25, 0.3) is 0 Å². The molecule has 19 heavy (non-hydrogen) atoms. The van der Waals surface area contributed by atoms with Gasteiger partial charge < -0.3 is 0 Å². The standard InChI is InChI=1S/C13H9BrO2S.C2H6/c1-8-5-6-9-12(7-8)17(15,16)11-4-2-3-10(14)13(9)11;1-2/h2-7H,1H3;1-2H3. The highest BCUT2D eigenvalue weighted by Crippen LogP contribution is 2.46. The molecule has 0 atom stereocenters. The van der Waals surface area contributed by atoms with E-state index in [2.05, 4.69) is 15.9 Å². The summed E-state index contributed by atoms with van der Waals surface area (Å²) in [6.45, 7) is 5.90. The molecule has 0 amide bonds. The normalized spacial score (nSPS) is 14.1. The summed E-state index contributed by atoms with van der Waals surface area (Å²) in [5, 5.41) is 0. The van der Waals surface area contributed by atoms with E-state index in [1.165, 1.54) is 0 Å². The fourth-order valence-electron chi connectivity index (χ4n) is 2.17. The number of fused-ring (bicyclic) bond motifs is 3. The minimum absolute atomic E-state index is 0.396. The zero-order valence-electron chi connectivity index (χ0n) is 11.1. The molecular weight excluding hydrogens is 324 g/mol. The Morgan fingerprint density at radius 2 is 1.68 bits per heavy atom. The highest BCUT2D eigenvalue weighted by atomic mass is 79.9. The Labute approximate surface area is 122 Å². The second-order valence-corrected chi connectivity index (χ2v) is 6.86. The molecule has 1 heterocycles. The van der Waals surface area contributed by atoms with Crippen molar-refractivity contribution < 1.29 is 8.42 Å². The molecule has 2 aromatic carbocycles. The number of hydrogen-bond donors (Lipinski definition) is 0. The molecule has 2 aromatic rings. The van der Waals surface area contributed by atoms with Crippen molar-refractivity contribution in [3.63, 3.8) is 0 Å². The average molecular weight is 339 g/mol. The van der Waals surface area contributed by atoms with Gasteiger partial charge in [0.05, 0.1) is 9.79 Å². The van der Waals surface area contributed by atoms with Gasteiger partial charge in [-0.15, -0.1) is 0 Å². The molecule has 0 aliphatic carbocycles. The van der Waals surface area contributed by atoms with Gasteiger partial charge >= 0.3 is 0 Å².